The van der Waals surface area contributed by atoms with Gasteiger partial charge < -0.3 is 5.73 Å². The van der Waals surface area contributed by atoms with Crippen molar-refractivity contribution < 1.29 is 8.42 Å². The third kappa shape index (κ3) is 7.24. The molecule has 0 bridgehead atoms. The summed E-state index contributed by atoms with van der Waals surface area (Å²) in [5, 5.41) is 0. The number of nitrogens with one attached hydrogen (secondary N) is 1. The van der Waals surface area contributed by atoms with Crippen LogP contribution in [0.5, 0.6) is 0 Å². The SMILES string of the molecule is Cc1cccc(CS(=O)(=O)NC(CN)CC(C)C)c1.Cl. The molecule has 116 valence electrons. The van der Waals surface area contributed by atoms with Gasteiger partial charge in [-0.2, -0.15) is 0 Å². The zero-order valence-electron chi connectivity index (χ0n) is 12.3. The summed E-state index contributed by atoms with van der Waals surface area (Å²) in [7, 11) is -3.34. The van der Waals surface area contributed by atoms with E-state index >= 15 is 0 Å². The lowest BCUT2D eigenvalue weighted by Gasteiger charge is -2.18. The van der Waals surface area contributed by atoms with Crippen LogP contribution in [0.1, 0.15) is 31.4 Å². The van der Waals surface area contributed by atoms with Crippen molar-refractivity contribution in [3.8, 4) is 0 Å². The summed E-state index contributed by atoms with van der Waals surface area (Å²) in [6.45, 7) is 6.38. The molecule has 0 saturated carbocycles. The van der Waals surface area contributed by atoms with Crippen LogP contribution in [-0.4, -0.2) is 21.0 Å². The first-order valence-electron chi connectivity index (χ1n) is 6.58. The Kier molecular flexibility index (Phi) is 8.35. The van der Waals surface area contributed by atoms with Crippen LogP contribution in [0, 0.1) is 12.8 Å². The first kappa shape index (κ1) is 19.4. The van der Waals surface area contributed by atoms with Crippen molar-refractivity contribution >= 4 is 22.4 Å². The number of sulfonamides is 1. The second kappa shape index (κ2) is 8.62. The van der Waals surface area contributed by atoms with Gasteiger partial charge in [0.1, 0.15) is 0 Å². The molecule has 0 aliphatic carbocycles. The van der Waals surface area contributed by atoms with Crippen molar-refractivity contribution in [3.63, 3.8) is 0 Å². The van der Waals surface area contributed by atoms with Gasteiger partial charge in [-0.05, 0) is 24.8 Å². The van der Waals surface area contributed by atoms with Gasteiger partial charge in [-0.15, -0.1) is 12.4 Å². The Morgan fingerprint density at radius 2 is 1.95 bits per heavy atom. The molecule has 0 aliphatic heterocycles. The molecule has 1 rings (SSSR count). The maximum Gasteiger partial charge on any atom is 0.216 e. The quantitative estimate of drug-likeness (QED) is 0.809. The molecular weight excluding hydrogens is 296 g/mol. The molecule has 0 radical (unpaired) electrons. The van der Waals surface area contributed by atoms with Crippen molar-refractivity contribution in [2.24, 2.45) is 11.7 Å². The molecule has 0 aromatic heterocycles. The normalized spacial score (nSPS) is 13.1. The van der Waals surface area contributed by atoms with Gasteiger partial charge in [0, 0.05) is 12.6 Å². The van der Waals surface area contributed by atoms with Crippen LogP contribution < -0.4 is 10.5 Å². The summed E-state index contributed by atoms with van der Waals surface area (Å²) in [6.07, 6.45) is 0.754. The van der Waals surface area contributed by atoms with E-state index in [1.807, 2.05) is 31.2 Å². The fourth-order valence-electron chi connectivity index (χ4n) is 2.08. The van der Waals surface area contributed by atoms with Crippen LogP contribution >= 0.6 is 12.4 Å². The van der Waals surface area contributed by atoms with Crippen LogP contribution in [0.3, 0.4) is 0 Å². The number of aryl methyl sites for hydroxylation is 1. The summed E-state index contributed by atoms with van der Waals surface area (Å²) < 4.78 is 26.9. The van der Waals surface area contributed by atoms with Gasteiger partial charge >= 0.3 is 0 Å². The lowest BCUT2D eigenvalue weighted by molar-refractivity contribution is 0.465. The van der Waals surface area contributed by atoms with Crippen molar-refractivity contribution in [2.45, 2.75) is 39.0 Å². The minimum Gasteiger partial charge on any atom is -0.329 e. The Balaban J connectivity index is 0.00000361. The molecule has 0 amide bonds. The van der Waals surface area contributed by atoms with Gasteiger partial charge in [0.2, 0.25) is 10.0 Å². The number of rotatable bonds is 7. The van der Waals surface area contributed by atoms with E-state index < -0.39 is 10.0 Å². The highest BCUT2D eigenvalue weighted by molar-refractivity contribution is 7.88. The van der Waals surface area contributed by atoms with Crippen molar-refractivity contribution in [1.29, 1.82) is 0 Å². The first-order chi connectivity index (χ1) is 8.82. The Morgan fingerprint density at radius 3 is 2.45 bits per heavy atom. The molecule has 1 atom stereocenters. The highest BCUT2D eigenvalue weighted by Gasteiger charge is 2.18. The molecule has 0 spiro atoms. The van der Waals surface area contributed by atoms with Gasteiger partial charge in [-0.3, -0.25) is 0 Å². The Hall–Kier alpha value is -0.620. The van der Waals surface area contributed by atoms with Gasteiger partial charge in [0.25, 0.3) is 0 Å². The van der Waals surface area contributed by atoms with E-state index in [-0.39, 0.29) is 24.2 Å². The van der Waals surface area contributed by atoms with E-state index in [2.05, 4.69) is 18.6 Å². The summed E-state index contributed by atoms with van der Waals surface area (Å²) >= 11 is 0. The Morgan fingerprint density at radius 1 is 1.30 bits per heavy atom. The summed E-state index contributed by atoms with van der Waals surface area (Å²) in [6, 6.07) is 7.35. The van der Waals surface area contributed by atoms with Crippen molar-refractivity contribution in [1.82, 2.24) is 4.72 Å². The first-order valence-corrected chi connectivity index (χ1v) is 8.23. The average Bonchev–Trinajstić information content (AvgIpc) is 2.26. The van der Waals surface area contributed by atoms with Crippen molar-refractivity contribution in [3.05, 3.63) is 35.4 Å². The third-order valence-electron chi connectivity index (χ3n) is 2.83. The monoisotopic (exact) mass is 320 g/mol. The highest BCUT2D eigenvalue weighted by atomic mass is 35.5. The third-order valence-corrected chi connectivity index (χ3v) is 4.23. The Labute approximate surface area is 128 Å². The maximum absolute atomic E-state index is 12.1. The highest BCUT2D eigenvalue weighted by Crippen LogP contribution is 2.10. The number of benzene rings is 1. The van der Waals surface area contributed by atoms with E-state index in [1.165, 1.54) is 0 Å². The molecule has 4 nitrogen and oxygen atoms in total. The summed E-state index contributed by atoms with van der Waals surface area (Å²) in [5.74, 6) is 0.415. The number of halogens is 1. The molecule has 1 aromatic rings. The van der Waals surface area contributed by atoms with Crippen LogP contribution in [-0.2, 0) is 15.8 Å². The predicted molar refractivity (Wildman–Crippen MR) is 86.5 cm³/mol. The standard InChI is InChI=1S/C14H24N2O2S.ClH/c1-11(2)7-14(9-15)16-19(17,18)10-13-6-4-5-12(3)8-13;/h4-6,8,11,14,16H,7,9-10,15H2,1-3H3;1H. The van der Waals surface area contributed by atoms with Gasteiger partial charge in [0.05, 0.1) is 5.75 Å². The van der Waals surface area contributed by atoms with E-state index in [9.17, 15) is 8.42 Å². The second-order valence-corrected chi connectivity index (χ2v) is 7.18. The molecular formula is C14H25ClN2O2S. The van der Waals surface area contributed by atoms with Crippen LogP contribution in [0.2, 0.25) is 0 Å². The molecule has 0 aliphatic rings. The number of hydrogen-bond acceptors (Lipinski definition) is 3. The molecule has 0 fully saturated rings. The minimum absolute atomic E-state index is 0. The van der Waals surface area contributed by atoms with E-state index in [0.717, 1.165) is 17.5 Å². The molecule has 0 heterocycles. The number of nitrogens with two attached hydrogens (primary N) is 1. The molecule has 0 saturated heterocycles. The molecule has 1 aromatic carbocycles. The smallest absolute Gasteiger partial charge is 0.216 e. The topological polar surface area (TPSA) is 72.2 Å². The molecule has 3 N–H and O–H groups in total. The lowest BCUT2D eigenvalue weighted by Crippen LogP contribution is -2.41. The zero-order valence-corrected chi connectivity index (χ0v) is 13.9. The summed E-state index contributed by atoms with van der Waals surface area (Å²) in [5.41, 5.74) is 7.48. The van der Waals surface area contributed by atoms with Crippen LogP contribution in [0.15, 0.2) is 24.3 Å². The molecule has 6 heteroatoms. The van der Waals surface area contributed by atoms with E-state index in [1.54, 1.807) is 0 Å². The molecule has 1 unspecified atom stereocenters. The predicted octanol–water partition coefficient (Wildman–Crippen LogP) is 2.21. The van der Waals surface area contributed by atoms with Crippen LogP contribution in [0.25, 0.3) is 0 Å². The van der Waals surface area contributed by atoms with E-state index in [0.29, 0.717) is 12.5 Å². The van der Waals surface area contributed by atoms with Crippen LogP contribution in [0.4, 0.5) is 0 Å². The Bertz CT molecular complexity index is 504. The van der Waals surface area contributed by atoms with Gasteiger partial charge in [-0.1, -0.05) is 43.7 Å². The van der Waals surface area contributed by atoms with Crippen molar-refractivity contribution in [2.75, 3.05) is 6.54 Å². The fourth-order valence-corrected chi connectivity index (χ4v) is 3.48. The average molecular weight is 321 g/mol. The van der Waals surface area contributed by atoms with Gasteiger partial charge in [0.15, 0.2) is 0 Å². The van der Waals surface area contributed by atoms with Gasteiger partial charge in [-0.25, -0.2) is 13.1 Å². The molecule has 20 heavy (non-hydrogen) atoms. The zero-order chi connectivity index (χ0) is 14.5. The van der Waals surface area contributed by atoms with E-state index in [4.69, 9.17) is 5.73 Å². The fraction of sp³-hybridized carbons (Fsp3) is 0.571. The second-order valence-electron chi connectivity index (χ2n) is 5.43. The largest absolute Gasteiger partial charge is 0.329 e. The summed E-state index contributed by atoms with van der Waals surface area (Å²) in [4.78, 5) is 0. The lowest BCUT2D eigenvalue weighted by atomic mass is 10.1. The minimum atomic E-state index is -3.34. The number of hydrogen-bond donors (Lipinski definition) is 2. The maximum atomic E-state index is 12.1.